The zero-order chi connectivity index (χ0) is 17.6. The van der Waals surface area contributed by atoms with E-state index in [-0.39, 0.29) is 11.7 Å². The van der Waals surface area contributed by atoms with Gasteiger partial charge in [-0.1, -0.05) is 6.07 Å². The Kier molecular flexibility index (Phi) is 3.54. The van der Waals surface area contributed by atoms with E-state index in [0.29, 0.717) is 23.4 Å². The molecule has 0 fully saturated rings. The molecule has 0 saturated heterocycles. The number of halogens is 1. The lowest BCUT2D eigenvalue weighted by Crippen LogP contribution is -2.22. The molecule has 0 bridgehead atoms. The smallest absolute Gasteiger partial charge is 0.267 e. The highest BCUT2D eigenvalue weighted by molar-refractivity contribution is 6.03. The largest absolute Gasteiger partial charge is 0.351 e. The predicted molar refractivity (Wildman–Crippen MR) is 93.7 cm³/mol. The molecule has 1 aromatic heterocycles. The number of benzene rings is 2. The fourth-order valence-electron chi connectivity index (χ4n) is 3.46. The second-order valence-electron chi connectivity index (χ2n) is 6.33. The molecule has 0 saturated carbocycles. The maximum absolute atomic E-state index is 13.7. The first-order valence-corrected chi connectivity index (χ1v) is 8.20. The number of nitrogens with one attached hydrogen (secondary N) is 1. The van der Waals surface area contributed by atoms with Crippen LogP contribution in [-0.4, -0.2) is 17.0 Å². The van der Waals surface area contributed by atoms with Gasteiger partial charge in [-0.2, -0.15) is 5.26 Å². The van der Waals surface area contributed by atoms with Crippen LogP contribution in [0, 0.1) is 24.1 Å². The van der Waals surface area contributed by atoms with E-state index in [1.807, 2.05) is 16.7 Å². The van der Waals surface area contributed by atoms with Crippen molar-refractivity contribution in [3.05, 3.63) is 59.0 Å². The zero-order valence-electron chi connectivity index (χ0n) is 13.8. The van der Waals surface area contributed by atoms with Gasteiger partial charge in [-0.25, -0.2) is 4.39 Å². The number of hydrogen-bond donors (Lipinski definition) is 1. The summed E-state index contributed by atoms with van der Waals surface area (Å²) in [6.07, 6.45) is 0.838. The van der Waals surface area contributed by atoms with E-state index in [2.05, 4.69) is 11.4 Å². The molecule has 1 amide bonds. The van der Waals surface area contributed by atoms with Crippen LogP contribution in [0.1, 0.15) is 28.0 Å². The lowest BCUT2D eigenvalue weighted by molar-refractivity contribution is 0.0951. The van der Waals surface area contributed by atoms with E-state index in [4.69, 9.17) is 0 Å². The predicted octanol–water partition coefficient (Wildman–Crippen LogP) is 3.76. The van der Waals surface area contributed by atoms with Crippen LogP contribution in [0.2, 0.25) is 0 Å². The van der Waals surface area contributed by atoms with Crippen LogP contribution in [0.3, 0.4) is 0 Å². The Morgan fingerprint density at radius 1 is 1.24 bits per heavy atom. The average Bonchev–Trinajstić information content (AvgIpc) is 2.89. The van der Waals surface area contributed by atoms with Gasteiger partial charge >= 0.3 is 0 Å². The average molecular weight is 333 g/mol. The van der Waals surface area contributed by atoms with Gasteiger partial charge in [-0.3, -0.25) is 4.79 Å². The summed E-state index contributed by atoms with van der Waals surface area (Å²) in [5.74, 6) is -0.363. The molecule has 1 N–H and O–H groups in total. The molecule has 2 aromatic carbocycles. The number of hydrogen-bond acceptors (Lipinski definition) is 2. The van der Waals surface area contributed by atoms with E-state index in [1.165, 1.54) is 6.07 Å². The molecule has 0 aliphatic carbocycles. The van der Waals surface area contributed by atoms with Gasteiger partial charge in [-0.15, -0.1) is 0 Å². The molecule has 124 valence electrons. The number of aromatic nitrogens is 1. The monoisotopic (exact) mass is 333 g/mol. The SMILES string of the molecule is Cc1cc(-c2cc(C#N)cc3cc4n(c23)CCCNC4=O)ccc1F. The number of rotatable bonds is 1. The van der Waals surface area contributed by atoms with Crippen LogP contribution in [0.4, 0.5) is 4.39 Å². The molecule has 1 aliphatic rings. The Labute approximate surface area is 144 Å². The lowest BCUT2D eigenvalue weighted by Gasteiger charge is -2.12. The van der Waals surface area contributed by atoms with Gasteiger partial charge < -0.3 is 9.88 Å². The molecule has 4 nitrogen and oxygen atoms in total. The van der Waals surface area contributed by atoms with Crippen LogP contribution in [0.5, 0.6) is 0 Å². The van der Waals surface area contributed by atoms with Crippen LogP contribution >= 0.6 is 0 Å². The summed E-state index contributed by atoms with van der Waals surface area (Å²) in [6.45, 7) is 3.08. The van der Waals surface area contributed by atoms with Crippen molar-refractivity contribution < 1.29 is 9.18 Å². The van der Waals surface area contributed by atoms with Crippen molar-refractivity contribution in [2.45, 2.75) is 19.9 Å². The number of amides is 1. The van der Waals surface area contributed by atoms with Crippen molar-refractivity contribution in [2.75, 3.05) is 6.54 Å². The standard InChI is InChI=1S/C20H16FN3O/c1-12-7-14(3-4-17(12)21)16-9-13(11-22)8-15-10-18-20(25)23-5-2-6-24(18)19(15)16/h3-4,7-10H,2,5-6H2,1H3,(H,23,25). The molecule has 0 radical (unpaired) electrons. The number of aryl methyl sites for hydroxylation is 2. The van der Waals surface area contributed by atoms with Crippen molar-refractivity contribution in [1.29, 1.82) is 5.26 Å². The van der Waals surface area contributed by atoms with E-state index >= 15 is 0 Å². The highest BCUT2D eigenvalue weighted by Crippen LogP contribution is 2.34. The zero-order valence-corrected chi connectivity index (χ0v) is 13.8. The van der Waals surface area contributed by atoms with Crippen LogP contribution in [0.25, 0.3) is 22.0 Å². The van der Waals surface area contributed by atoms with Crippen molar-refractivity contribution in [3.8, 4) is 17.2 Å². The molecule has 1 aliphatic heterocycles. The van der Waals surface area contributed by atoms with Gasteiger partial charge in [0.15, 0.2) is 0 Å². The van der Waals surface area contributed by atoms with Gasteiger partial charge in [0.2, 0.25) is 0 Å². The molecule has 0 unspecified atom stereocenters. The molecule has 0 atom stereocenters. The van der Waals surface area contributed by atoms with Crippen LogP contribution in [0.15, 0.2) is 36.4 Å². The van der Waals surface area contributed by atoms with E-state index in [1.54, 1.807) is 25.1 Å². The highest BCUT2D eigenvalue weighted by Gasteiger charge is 2.21. The maximum atomic E-state index is 13.7. The molecule has 4 rings (SSSR count). The molecule has 3 aromatic rings. The van der Waals surface area contributed by atoms with Gasteiger partial charge in [-0.05, 0) is 54.8 Å². The van der Waals surface area contributed by atoms with Crippen molar-refractivity contribution >= 4 is 16.8 Å². The van der Waals surface area contributed by atoms with Gasteiger partial charge in [0.05, 0.1) is 17.1 Å². The van der Waals surface area contributed by atoms with Gasteiger partial charge in [0, 0.05) is 24.0 Å². The minimum Gasteiger partial charge on any atom is -0.351 e. The second kappa shape index (κ2) is 5.75. The number of carbonyl (C=O) groups excluding carboxylic acids is 1. The Morgan fingerprint density at radius 2 is 2.08 bits per heavy atom. The van der Waals surface area contributed by atoms with Crippen molar-refractivity contribution in [1.82, 2.24) is 9.88 Å². The summed E-state index contributed by atoms with van der Waals surface area (Å²) in [4.78, 5) is 12.3. The number of nitriles is 1. The molecule has 0 spiro atoms. The quantitative estimate of drug-likeness (QED) is 0.737. The maximum Gasteiger partial charge on any atom is 0.267 e. The fraction of sp³-hybridized carbons (Fsp3) is 0.200. The second-order valence-corrected chi connectivity index (χ2v) is 6.33. The Balaban J connectivity index is 2.07. The van der Waals surface area contributed by atoms with Crippen LogP contribution in [-0.2, 0) is 6.54 Å². The third kappa shape index (κ3) is 2.47. The summed E-state index contributed by atoms with van der Waals surface area (Å²) in [6, 6.07) is 12.5. The lowest BCUT2D eigenvalue weighted by atomic mass is 9.98. The Bertz CT molecular complexity index is 1060. The van der Waals surface area contributed by atoms with Crippen molar-refractivity contribution in [3.63, 3.8) is 0 Å². The third-order valence-electron chi connectivity index (χ3n) is 4.67. The first-order chi connectivity index (χ1) is 12.1. The Morgan fingerprint density at radius 3 is 2.84 bits per heavy atom. The topological polar surface area (TPSA) is 57.8 Å². The minimum absolute atomic E-state index is 0.103. The first-order valence-electron chi connectivity index (χ1n) is 8.20. The van der Waals surface area contributed by atoms with Crippen LogP contribution < -0.4 is 5.32 Å². The summed E-state index contributed by atoms with van der Waals surface area (Å²) in [5, 5.41) is 13.1. The molecular formula is C20H16FN3O. The van der Waals surface area contributed by atoms with Gasteiger partial charge in [0.25, 0.3) is 5.91 Å². The van der Waals surface area contributed by atoms with E-state index < -0.39 is 0 Å². The molecular weight excluding hydrogens is 317 g/mol. The normalized spacial score (nSPS) is 13.9. The highest BCUT2D eigenvalue weighted by atomic mass is 19.1. The third-order valence-corrected chi connectivity index (χ3v) is 4.67. The summed E-state index contributed by atoms with van der Waals surface area (Å²) < 4.78 is 15.7. The van der Waals surface area contributed by atoms with Crippen molar-refractivity contribution in [2.24, 2.45) is 0 Å². The minimum atomic E-state index is -0.259. The van der Waals surface area contributed by atoms with E-state index in [9.17, 15) is 14.4 Å². The summed E-state index contributed by atoms with van der Waals surface area (Å²) >= 11 is 0. The number of carbonyl (C=O) groups is 1. The number of nitrogens with zero attached hydrogens (tertiary/aromatic N) is 2. The Hall–Kier alpha value is -3.13. The molecule has 25 heavy (non-hydrogen) atoms. The number of fused-ring (bicyclic) bond motifs is 3. The molecule has 5 heteroatoms. The van der Waals surface area contributed by atoms with E-state index in [0.717, 1.165) is 35.0 Å². The first kappa shape index (κ1) is 15.4. The van der Waals surface area contributed by atoms with Gasteiger partial charge in [0.1, 0.15) is 11.5 Å². The molecule has 2 heterocycles. The summed E-state index contributed by atoms with van der Waals surface area (Å²) in [7, 11) is 0. The summed E-state index contributed by atoms with van der Waals surface area (Å²) in [5.41, 5.74) is 4.27. The fourth-order valence-corrected chi connectivity index (χ4v) is 3.46.